The molecule has 2 heterocycles. The maximum atomic E-state index is 12.3. The minimum Gasteiger partial charge on any atom is -0.352 e. The van der Waals surface area contributed by atoms with Crippen LogP contribution in [0.25, 0.3) is 0 Å². The van der Waals surface area contributed by atoms with Crippen molar-refractivity contribution in [1.29, 1.82) is 0 Å². The van der Waals surface area contributed by atoms with E-state index in [1.807, 2.05) is 19.1 Å². The van der Waals surface area contributed by atoms with Crippen molar-refractivity contribution in [1.82, 2.24) is 14.6 Å². The van der Waals surface area contributed by atoms with E-state index in [4.69, 9.17) is 0 Å². The van der Waals surface area contributed by atoms with Crippen molar-refractivity contribution in [3.63, 3.8) is 0 Å². The highest BCUT2D eigenvalue weighted by atomic mass is 32.2. The number of amides is 1. The van der Waals surface area contributed by atoms with Crippen LogP contribution in [0.3, 0.4) is 0 Å². The lowest BCUT2D eigenvalue weighted by Crippen LogP contribution is -2.32. The van der Waals surface area contributed by atoms with E-state index in [1.54, 1.807) is 16.7 Å². The van der Waals surface area contributed by atoms with Gasteiger partial charge in [-0.05, 0) is 36.3 Å². The molecule has 7 heteroatoms. The summed E-state index contributed by atoms with van der Waals surface area (Å²) in [5.41, 5.74) is 0.842. The molecule has 2 aliphatic rings. The van der Waals surface area contributed by atoms with Crippen molar-refractivity contribution >= 4 is 15.9 Å². The highest BCUT2D eigenvalue weighted by Crippen LogP contribution is 2.58. The summed E-state index contributed by atoms with van der Waals surface area (Å²) in [6.45, 7) is 3.39. The van der Waals surface area contributed by atoms with Crippen molar-refractivity contribution in [3.05, 3.63) is 30.1 Å². The van der Waals surface area contributed by atoms with Gasteiger partial charge in [-0.15, -0.1) is 0 Å². The lowest BCUT2D eigenvalue weighted by molar-refractivity contribution is -0.123. The van der Waals surface area contributed by atoms with Crippen LogP contribution in [0, 0.1) is 11.3 Å². The summed E-state index contributed by atoms with van der Waals surface area (Å²) in [5.74, 6) is 0.172. The molecule has 1 N–H and O–H groups in total. The van der Waals surface area contributed by atoms with Gasteiger partial charge in [0, 0.05) is 37.9 Å². The normalized spacial score (nSPS) is 27.3. The smallest absolute Gasteiger partial charge is 0.224 e. The summed E-state index contributed by atoms with van der Waals surface area (Å²) in [4.78, 5) is 16.3. The van der Waals surface area contributed by atoms with Gasteiger partial charge in [-0.1, -0.05) is 13.0 Å². The molecule has 1 aliphatic carbocycles. The van der Waals surface area contributed by atoms with E-state index in [2.05, 4.69) is 10.3 Å². The molecule has 2 atom stereocenters. The number of nitrogens with zero attached hydrogens (tertiary/aromatic N) is 2. The molecule has 0 aromatic carbocycles. The number of nitrogens with one attached hydrogen (secondary N) is 1. The fourth-order valence-electron chi connectivity index (χ4n) is 3.47. The summed E-state index contributed by atoms with van der Waals surface area (Å²) in [6, 6.07) is 3.76. The van der Waals surface area contributed by atoms with Gasteiger partial charge in [0.15, 0.2) is 0 Å². The molecule has 2 fully saturated rings. The predicted molar refractivity (Wildman–Crippen MR) is 86.9 cm³/mol. The van der Waals surface area contributed by atoms with Crippen molar-refractivity contribution in [3.8, 4) is 0 Å². The molecule has 0 bridgehead atoms. The molecule has 6 nitrogen and oxygen atoms in total. The topological polar surface area (TPSA) is 79.4 Å². The number of carbonyl (C=O) groups is 1. The lowest BCUT2D eigenvalue weighted by atomic mass is 10.0. The standard InChI is InChI=1S/C16H23N3O3S/c1-2-8-23(21,22)19-7-5-16(12-19)9-14(16)15(20)18-11-13-4-3-6-17-10-13/h3-4,6,10,14H,2,5,7-9,11-12H2,1H3,(H,18,20)/t14-,16+/m1/s1. The molecule has 1 saturated heterocycles. The van der Waals surface area contributed by atoms with Gasteiger partial charge in [0.2, 0.25) is 15.9 Å². The Kier molecular flexibility index (Phi) is 4.42. The maximum Gasteiger partial charge on any atom is 0.224 e. The van der Waals surface area contributed by atoms with E-state index in [0.717, 1.165) is 18.4 Å². The second kappa shape index (κ2) is 6.20. The number of hydrogen-bond acceptors (Lipinski definition) is 4. The summed E-state index contributed by atoms with van der Waals surface area (Å²) in [6.07, 6.45) is 5.65. The molecular formula is C16H23N3O3S. The van der Waals surface area contributed by atoms with Gasteiger partial charge in [-0.2, -0.15) is 0 Å². The molecule has 126 valence electrons. The average molecular weight is 337 g/mol. The first-order chi connectivity index (χ1) is 11.0. The van der Waals surface area contributed by atoms with Crippen molar-refractivity contribution in [2.45, 2.75) is 32.7 Å². The summed E-state index contributed by atoms with van der Waals surface area (Å²) >= 11 is 0. The highest BCUT2D eigenvalue weighted by Gasteiger charge is 2.61. The molecular weight excluding hydrogens is 314 g/mol. The summed E-state index contributed by atoms with van der Waals surface area (Å²) in [5, 5.41) is 2.94. The number of rotatable bonds is 6. The Bertz CT molecular complexity index is 677. The highest BCUT2D eigenvalue weighted by molar-refractivity contribution is 7.89. The molecule has 1 amide bonds. The van der Waals surface area contributed by atoms with Gasteiger partial charge in [-0.3, -0.25) is 9.78 Å². The van der Waals surface area contributed by atoms with E-state index in [1.165, 1.54) is 0 Å². The first kappa shape index (κ1) is 16.4. The van der Waals surface area contributed by atoms with E-state index < -0.39 is 10.0 Å². The van der Waals surface area contributed by atoms with Crippen LogP contribution in [0.1, 0.15) is 31.7 Å². The third-order valence-corrected chi connectivity index (χ3v) is 6.92. The first-order valence-corrected chi connectivity index (χ1v) is 9.72. The van der Waals surface area contributed by atoms with E-state index in [0.29, 0.717) is 26.1 Å². The Labute approximate surface area is 137 Å². The van der Waals surface area contributed by atoms with E-state index in [9.17, 15) is 13.2 Å². The monoisotopic (exact) mass is 337 g/mol. The van der Waals surface area contributed by atoms with Crippen molar-refractivity contribution in [2.24, 2.45) is 11.3 Å². The van der Waals surface area contributed by atoms with E-state index >= 15 is 0 Å². The van der Waals surface area contributed by atoms with Crippen LogP contribution in [0.5, 0.6) is 0 Å². The molecule has 1 aromatic rings. The lowest BCUT2D eigenvalue weighted by Gasteiger charge is -2.16. The van der Waals surface area contributed by atoms with Gasteiger partial charge in [0.1, 0.15) is 0 Å². The Hall–Kier alpha value is -1.47. The van der Waals surface area contributed by atoms with Crippen LogP contribution in [0.2, 0.25) is 0 Å². The number of sulfonamides is 1. The zero-order valence-corrected chi connectivity index (χ0v) is 14.2. The molecule has 1 aliphatic heterocycles. The Morgan fingerprint density at radius 1 is 1.52 bits per heavy atom. The molecule has 3 rings (SSSR count). The minimum absolute atomic E-state index is 0.0311. The number of aromatic nitrogens is 1. The predicted octanol–water partition coefficient (Wildman–Crippen LogP) is 1.15. The Balaban J connectivity index is 1.54. The number of carbonyl (C=O) groups excluding carboxylic acids is 1. The maximum absolute atomic E-state index is 12.3. The largest absolute Gasteiger partial charge is 0.352 e. The zero-order chi connectivity index (χ0) is 16.5. The fraction of sp³-hybridized carbons (Fsp3) is 0.625. The van der Waals surface area contributed by atoms with Gasteiger partial charge in [0.25, 0.3) is 0 Å². The number of hydrogen-bond donors (Lipinski definition) is 1. The van der Waals surface area contributed by atoms with Crippen LogP contribution in [-0.4, -0.2) is 42.5 Å². The quantitative estimate of drug-likeness (QED) is 0.844. The van der Waals surface area contributed by atoms with Crippen LogP contribution in [-0.2, 0) is 21.4 Å². The zero-order valence-electron chi connectivity index (χ0n) is 13.4. The first-order valence-electron chi connectivity index (χ1n) is 8.11. The van der Waals surface area contributed by atoms with Gasteiger partial charge >= 0.3 is 0 Å². The molecule has 23 heavy (non-hydrogen) atoms. The molecule has 1 spiro atoms. The molecule has 0 unspecified atom stereocenters. The van der Waals surface area contributed by atoms with Crippen LogP contribution in [0.15, 0.2) is 24.5 Å². The summed E-state index contributed by atoms with van der Waals surface area (Å²) < 4.78 is 25.9. The summed E-state index contributed by atoms with van der Waals surface area (Å²) in [7, 11) is -3.15. The van der Waals surface area contributed by atoms with Gasteiger partial charge in [-0.25, -0.2) is 12.7 Å². The second-order valence-electron chi connectivity index (χ2n) is 6.60. The van der Waals surface area contributed by atoms with Crippen LogP contribution < -0.4 is 5.32 Å². The number of pyridine rings is 1. The second-order valence-corrected chi connectivity index (χ2v) is 8.69. The Morgan fingerprint density at radius 3 is 3.04 bits per heavy atom. The van der Waals surface area contributed by atoms with Crippen molar-refractivity contribution < 1.29 is 13.2 Å². The molecule has 1 aromatic heterocycles. The van der Waals surface area contributed by atoms with Crippen LogP contribution in [0.4, 0.5) is 0 Å². The molecule has 0 radical (unpaired) electrons. The minimum atomic E-state index is -3.15. The third kappa shape index (κ3) is 3.40. The SMILES string of the molecule is CCCS(=O)(=O)N1CC[C@]2(C[C@@H]2C(=O)NCc2cccnc2)C1. The molecule has 1 saturated carbocycles. The van der Waals surface area contributed by atoms with E-state index in [-0.39, 0.29) is 23.0 Å². The fourth-order valence-corrected chi connectivity index (χ4v) is 5.06. The van der Waals surface area contributed by atoms with Gasteiger partial charge in [0.05, 0.1) is 5.75 Å². The average Bonchev–Trinajstić information content (AvgIpc) is 3.05. The van der Waals surface area contributed by atoms with Crippen molar-refractivity contribution in [2.75, 3.05) is 18.8 Å². The van der Waals surface area contributed by atoms with Gasteiger partial charge < -0.3 is 5.32 Å². The van der Waals surface area contributed by atoms with Crippen LogP contribution >= 0.6 is 0 Å². The Morgan fingerprint density at radius 2 is 2.35 bits per heavy atom. The third-order valence-electron chi connectivity index (χ3n) is 4.90.